The van der Waals surface area contributed by atoms with Gasteiger partial charge in [0, 0.05) is 29.0 Å². The number of para-hydroxylation sites is 1. The highest BCUT2D eigenvalue weighted by Gasteiger charge is 2.13. The largest absolute Gasteiger partial charge is 0.348 e. The second-order valence-electron chi connectivity index (χ2n) is 6.20. The minimum absolute atomic E-state index is 0.185. The summed E-state index contributed by atoms with van der Waals surface area (Å²) in [4.78, 5) is 29.1. The van der Waals surface area contributed by atoms with Crippen molar-refractivity contribution < 1.29 is 9.59 Å². The highest BCUT2D eigenvalue weighted by Crippen LogP contribution is 2.16. The summed E-state index contributed by atoms with van der Waals surface area (Å²) in [6.07, 6.45) is 2.26. The number of pyridine rings is 1. The maximum Gasteiger partial charge on any atom is 0.274 e. The first kappa shape index (κ1) is 19.6. The lowest BCUT2D eigenvalue weighted by molar-refractivity contribution is 0.0951. The first-order valence-corrected chi connectivity index (χ1v) is 9.32. The van der Waals surface area contributed by atoms with E-state index in [1.54, 1.807) is 18.2 Å². The number of nitrogens with zero attached hydrogens (tertiary/aromatic N) is 1. The summed E-state index contributed by atoms with van der Waals surface area (Å²) >= 11 is 5.86. The molecule has 0 unspecified atom stereocenters. The van der Waals surface area contributed by atoms with E-state index in [9.17, 15) is 9.59 Å². The molecule has 0 spiro atoms. The van der Waals surface area contributed by atoms with Crippen LogP contribution in [0.2, 0.25) is 5.02 Å². The van der Waals surface area contributed by atoms with Gasteiger partial charge in [-0.2, -0.15) is 0 Å². The van der Waals surface area contributed by atoms with Crippen LogP contribution in [0.25, 0.3) is 0 Å². The predicted molar refractivity (Wildman–Crippen MR) is 111 cm³/mol. The molecule has 3 aromatic rings. The second kappa shape index (κ2) is 9.15. The van der Waals surface area contributed by atoms with Gasteiger partial charge in [0.05, 0.1) is 0 Å². The zero-order valence-electron chi connectivity index (χ0n) is 15.4. The van der Waals surface area contributed by atoms with Crippen LogP contribution in [0, 0.1) is 0 Å². The third-order valence-electron chi connectivity index (χ3n) is 4.27. The number of hydrogen-bond donors (Lipinski definition) is 2. The van der Waals surface area contributed by atoms with Gasteiger partial charge in [-0.25, -0.2) is 0 Å². The molecule has 0 aliphatic heterocycles. The minimum Gasteiger partial charge on any atom is -0.348 e. The molecule has 142 valence electrons. The standard InChI is InChI=1S/C22H20ClN3O2/c1-2-16-5-3-4-6-19(16)26-22(28)20-13-17(11-12-24-20)21(27)25-14-15-7-9-18(23)10-8-15/h3-13H,2,14H2,1H3,(H,25,27)(H,26,28). The monoisotopic (exact) mass is 393 g/mol. The average molecular weight is 394 g/mol. The molecule has 0 atom stereocenters. The van der Waals surface area contributed by atoms with Gasteiger partial charge in [-0.3, -0.25) is 14.6 Å². The van der Waals surface area contributed by atoms with Gasteiger partial charge >= 0.3 is 0 Å². The van der Waals surface area contributed by atoms with Gasteiger partial charge in [0.15, 0.2) is 0 Å². The van der Waals surface area contributed by atoms with Crippen molar-refractivity contribution in [3.8, 4) is 0 Å². The third-order valence-corrected chi connectivity index (χ3v) is 4.52. The van der Waals surface area contributed by atoms with Crippen molar-refractivity contribution >= 4 is 29.1 Å². The topological polar surface area (TPSA) is 71.1 Å². The highest BCUT2D eigenvalue weighted by molar-refractivity contribution is 6.30. The van der Waals surface area contributed by atoms with Crippen molar-refractivity contribution in [2.75, 3.05) is 5.32 Å². The van der Waals surface area contributed by atoms with Gasteiger partial charge in [0.2, 0.25) is 0 Å². The van der Waals surface area contributed by atoms with Crippen molar-refractivity contribution in [2.45, 2.75) is 19.9 Å². The van der Waals surface area contributed by atoms with E-state index in [1.165, 1.54) is 12.3 Å². The van der Waals surface area contributed by atoms with Gasteiger partial charge in [0.25, 0.3) is 11.8 Å². The number of nitrogens with one attached hydrogen (secondary N) is 2. The molecule has 0 aliphatic rings. The van der Waals surface area contributed by atoms with Crippen LogP contribution in [0.5, 0.6) is 0 Å². The fourth-order valence-corrected chi connectivity index (χ4v) is 2.85. The zero-order valence-corrected chi connectivity index (χ0v) is 16.2. The number of rotatable bonds is 6. The first-order valence-electron chi connectivity index (χ1n) is 8.94. The third kappa shape index (κ3) is 4.96. The van der Waals surface area contributed by atoms with Gasteiger partial charge in [-0.05, 0) is 47.9 Å². The van der Waals surface area contributed by atoms with E-state index in [-0.39, 0.29) is 17.5 Å². The number of hydrogen-bond acceptors (Lipinski definition) is 3. The van der Waals surface area contributed by atoms with E-state index in [0.29, 0.717) is 17.1 Å². The summed E-state index contributed by atoms with van der Waals surface area (Å²) < 4.78 is 0. The Morgan fingerprint density at radius 3 is 2.50 bits per heavy atom. The maximum atomic E-state index is 12.6. The van der Waals surface area contributed by atoms with Crippen LogP contribution >= 0.6 is 11.6 Å². The molecule has 6 heteroatoms. The van der Waals surface area contributed by atoms with Crippen LogP contribution in [0.3, 0.4) is 0 Å². The number of aromatic nitrogens is 1. The molecule has 0 saturated heterocycles. The molecule has 2 aromatic carbocycles. The summed E-state index contributed by atoms with van der Waals surface area (Å²) in [6, 6.07) is 17.9. The molecule has 28 heavy (non-hydrogen) atoms. The Bertz CT molecular complexity index is 987. The van der Waals surface area contributed by atoms with E-state index in [1.807, 2.05) is 43.3 Å². The molecular weight excluding hydrogens is 374 g/mol. The Labute approximate surface area is 168 Å². The van der Waals surface area contributed by atoms with Crippen molar-refractivity contribution in [2.24, 2.45) is 0 Å². The molecule has 1 heterocycles. The van der Waals surface area contributed by atoms with Crippen molar-refractivity contribution in [3.63, 3.8) is 0 Å². The Balaban J connectivity index is 1.68. The predicted octanol–water partition coefficient (Wildman–Crippen LogP) is 4.48. The van der Waals surface area contributed by atoms with Crippen LogP contribution in [-0.4, -0.2) is 16.8 Å². The summed E-state index contributed by atoms with van der Waals surface area (Å²) in [5.74, 6) is -0.631. The lowest BCUT2D eigenvalue weighted by atomic mass is 10.1. The molecule has 5 nitrogen and oxygen atoms in total. The lowest BCUT2D eigenvalue weighted by Crippen LogP contribution is -2.23. The molecule has 0 radical (unpaired) electrons. The highest BCUT2D eigenvalue weighted by atomic mass is 35.5. The van der Waals surface area contributed by atoms with Crippen LogP contribution in [0.4, 0.5) is 5.69 Å². The SMILES string of the molecule is CCc1ccccc1NC(=O)c1cc(C(=O)NCc2ccc(Cl)cc2)ccn1. The summed E-state index contributed by atoms with van der Waals surface area (Å²) in [6.45, 7) is 2.39. The zero-order chi connectivity index (χ0) is 19.9. The van der Waals surface area contributed by atoms with Gasteiger partial charge in [0.1, 0.15) is 5.69 Å². The van der Waals surface area contributed by atoms with Gasteiger partial charge in [-0.1, -0.05) is 48.9 Å². The van der Waals surface area contributed by atoms with Crippen LogP contribution in [0.1, 0.15) is 38.9 Å². The molecule has 1 aromatic heterocycles. The number of carbonyl (C=O) groups excluding carboxylic acids is 2. The number of halogens is 1. The molecule has 0 bridgehead atoms. The van der Waals surface area contributed by atoms with Gasteiger partial charge < -0.3 is 10.6 Å². The Morgan fingerprint density at radius 1 is 1.00 bits per heavy atom. The Morgan fingerprint density at radius 2 is 1.75 bits per heavy atom. The smallest absolute Gasteiger partial charge is 0.274 e. The molecule has 0 aliphatic carbocycles. The molecular formula is C22H20ClN3O2. The van der Waals surface area contributed by atoms with E-state index < -0.39 is 0 Å². The quantitative estimate of drug-likeness (QED) is 0.648. The number of aryl methyl sites for hydroxylation is 1. The maximum absolute atomic E-state index is 12.6. The molecule has 0 fully saturated rings. The lowest BCUT2D eigenvalue weighted by Gasteiger charge is -2.10. The van der Waals surface area contributed by atoms with E-state index in [0.717, 1.165) is 23.2 Å². The average Bonchev–Trinajstić information content (AvgIpc) is 2.73. The van der Waals surface area contributed by atoms with Crippen molar-refractivity contribution in [1.82, 2.24) is 10.3 Å². The molecule has 2 amide bonds. The van der Waals surface area contributed by atoms with Crippen LogP contribution in [0.15, 0.2) is 66.9 Å². The fourth-order valence-electron chi connectivity index (χ4n) is 2.72. The number of anilines is 1. The van der Waals surface area contributed by atoms with Crippen LogP contribution < -0.4 is 10.6 Å². The van der Waals surface area contributed by atoms with Crippen molar-refractivity contribution in [1.29, 1.82) is 0 Å². The number of benzene rings is 2. The Kier molecular flexibility index (Phi) is 6.40. The summed E-state index contributed by atoms with van der Waals surface area (Å²) in [5.41, 5.74) is 3.27. The second-order valence-corrected chi connectivity index (χ2v) is 6.64. The molecule has 3 rings (SSSR count). The first-order chi connectivity index (χ1) is 13.6. The van der Waals surface area contributed by atoms with Gasteiger partial charge in [-0.15, -0.1) is 0 Å². The van der Waals surface area contributed by atoms with Crippen LogP contribution in [-0.2, 0) is 13.0 Å². The summed E-state index contributed by atoms with van der Waals surface area (Å²) in [7, 11) is 0. The molecule has 2 N–H and O–H groups in total. The van der Waals surface area contributed by atoms with E-state index >= 15 is 0 Å². The fraction of sp³-hybridized carbons (Fsp3) is 0.136. The van der Waals surface area contributed by atoms with Crippen molar-refractivity contribution in [3.05, 3.63) is 94.3 Å². The normalized spacial score (nSPS) is 10.4. The number of carbonyl (C=O) groups is 2. The molecule has 0 saturated carbocycles. The summed E-state index contributed by atoms with van der Waals surface area (Å²) in [5, 5.41) is 6.33. The van der Waals surface area contributed by atoms with E-state index in [2.05, 4.69) is 15.6 Å². The van der Waals surface area contributed by atoms with E-state index in [4.69, 9.17) is 11.6 Å². The Hall–Kier alpha value is -3.18. The minimum atomic E-state index is -0.353. The number of amides is 2.